The SMILES string of the molecule is NC1=CN2CC(=O)N(CC(=O)Nc3nccs3)N=C2C=C1. The molecular formula is C12H12N6O2S. The molecule has 2 aliphatic heterocycles. The lowest BCUT2D eigenvalue weighted by Crippen LogP contribution is -2.47. The molecule has 1 aromatic rings. The monoisotopic (exact) mass is 304 g/mol. The lowest BCUT2D eigenvalue weighted by molar-refractivity contribution is -0.135. The molecule has 8 nitrogen and oxygen atoms in total. The van der Waals surface area contributed by atoms with E-state index in [0.717, 1.165) is 5.01 Å². The summed E-state index contributed by atoms with van der Waals surface area (Å²) in [7, 11) is 0. The van der Waals surface area contributed by atoms with E-state index in [9.17, 15) is 9.59 Å². The van der Waals surface area contributed by atoms with E-state index < -0.39 is 0 Å². The first-order chi connectivity index (χ1) is 10.1. The first-order valence-corrected chi connectivity index (χ1v) is 7.00. The lowest BCUT2D eigenvalue weighted by Gasteiger charge is -2.31. The lowest BCUT2D eigenvalue weighted by atomic mass is 10.2. The minimum Gasteiger partial charge on any atom is -0.398 e. The van der Waals surface area contributed by atoms with Crippen molar-refractivity contribution in [3.63, 3.8) is 0 Å². The minimum atomic E-state index is -0.342. The fraction of sp³-hybridized carbons (Fsp3) is 0.167. The molecule has 0 radical (unpaired) electrons. The highest BCUT2D eigenvalue weighted by atomic mass is 32.1. The third kappa shape index (κ3) is 2.92. The number of hydrogen-bond acceptors (Lipinski definition) is 7. The van der Waals surface area contributed by atoms with Crippen LogP contribution in [0.3, 0.4) is 0 Å². The van der Waals surface area contributed by atoms with Crippen LogP contribution in [0.4, 0.5) is 5.13 Å². The summed E-state index contributed by atoms with van der Waals surface area (Å²) in [6.07, 6.45) is 6.63. The normalized spacial score (nSPS) is 17.2. The van der Waals surface area contributed by atoms with Crippen LogP contribution in [-0.2, 0) is 9.59 Å². The summed E-state index contributed by atoms with van der Waals surface area (Å²) in [5.74, 6) is -0.0378. The Labute approximate surface area is 124 Å². The molecule has 0 aliphatic carbocycles. The molecule has 0 aromatic carbocycles. The number of anilines is 1. The smallest absolute Gasteiger partial charge is 0.263 e. The van der Waals surface area contributed by atoms with Crippen LogP contribution in [0.1, 0.15) is 0 Å². The molecular weight excluding hydrogens is 292 g/mol. The molecule has 0 spiro atoms. The molecule has 21 heavy (non-hydrogen) atoms. The number of nitrogens with one attached hydrogen (secondary N) is 1. The number of nitrogens with two attached hydrogens (primary N) is 1. The Hall–Kier alpha value is -2.68. The average Bonchev–Trinajstić information content (AvgIpc) is 2.92. The number of carbonyl (C=O) groups is 2. The Bertz CT molecular complexity index is 663. The van der Waals surface area contributed by atoms with E-state index >= 15 is 0 Å². The van der Waals surface area contributed by atoms with Gasteiger partial charge in [-0.25, -0.2) is 9.99 Å². The molecule has 0 unspecified atom stereocenters. The summed E-state index contributed by atoms with van der Waals surface area (Å²) in [4.78, 5) is 29.4. The van der Waals surface area contributed by atoms with Gasteiger partial charge >= 0.3 is 0 Å². The zero-order valence-electron chi connectivity index (χ0n) is 10.9. The van der Waals surface area contributed by atoms with Gasteiger partial charge in [-0.05, 0) is 12.2 Å². The summed E-state index contributed by atoms with van der Waals surface area (Å²) in [5, 5.41) is 10.2. The Morgan fingerprint density at radius 3 is 3.10 bits per heavy atom. The molecule has 0 bridgehead atoms. The average molecular weight is 304 g/mol. The third-order valence-corrected chi connectivity index (χ3v) is 3.50. The number of aromatic nitrogens is 1. The maximum atomic E-state index is 12.0. The van der Waals surface area contributed by atoms with E-state index in [2.05, 4.69) is 15.4 Å². The van der Waals surface area contributed by atoms with Gasteiger partial charge in [0, 0.05) is 23.5 Å². The molecule has 0 fully saturated rings. The van der Waals surface area contributed by atoms with Gasteiger partial charge in [-0.2, -0.15) is 5.10 Å². The van der Waals surface area contributed by atoms with E-state index in [4.69, 9.17) is 5.73 Å². The minimum absolute atomic E-state index is 0.106. The second kappa shape index (κ2) is 5.37. The van der Waals surface area contributed by atoms with Crippen LogP contribution in [0, 0.1) is 0 Å². The fourth-order valence-electron chi connectivity index (χ4n) is 1.88. The quantitative estimate of drug-likeness (QED) is 0.812. The Morgan fingerprint density at radius 1 is 1.48 bits per heavy atom. The van der Waals surface area contributed by atoms with Crippen molar-refractivity contribution in [3.8, 4) is 0 Å². The highest BCUT2D eigenvalue weighted by molar-refractivity contribution is 7.13. The number of fused-ring (bicyclic) bond motifs is 1. The van der Waals surface area contributed by atoms with Crippen molar-refractivity contribution in [2.45, 2.75) is 0 Å². The van der Waals surface area contributed by atoms with Gasteiger partial charge in [0.1, 0.15) is 13.1 Å². The van der Waals surface area contributed by atoms with Crippen molar-refractivity contribution >= 4 is 34.1 Å². The maximum Gasteiger partial charge on any atom is 0.263 e. The number of amidine groups is 1. The zero-order chi connectivity index (χ0) is 14.8. The van der Waals surface area contributed by atoms with Crippen molar-refractivity contribution in [1.29, 1.82) is 0 Å². The number of carbonyl (C=O) groups excluding carboxylic acids is 2. The van der Waals surface area contributed by atoms with Gasteiger partial charge in [-0.15, -0.1) is 11.3 Å². The van der Waals surface area contributed by atoms with Crippen molar-refractivity contribution in [3.05, 3.63) is 35.6 Å². The van der Waals surface area contributed by atoms with Gasteiger partial charge in [0.25, 0.3) is 5.91 Å². The standard InChI is InChI=1S/C12H12N6O2S/c13-8-1-2-9-16-18(11(20)7-17(9)5-8)6-10(19)15-12-14-3-4-21-12/h1-5H,6-7,13H2,(H,14,15,19). The molecule has 0 saturated heterocycles. The summed E-state index contributed by atoms with van der Waals surface area (Å²) in [6, 6.07) is 0. The Kier molecular flexibility index (Phi) is 3.40. The fourth-order valence-corrected chi connectivity index (χ4v) is 2.43. The van der Waals surface area contributed by atoms with E-state index in [0.29, 0.717) is 16.7 Å². The maximum absolute atomic E-state index is 12.0. The van der Waals surface area contributed by atoms with Gasteiger partial charge in [0.05, 0.1) is 0 Å². The van der Waals surface area contributed by atoms with E-state index in [1.165, 1.54) is 11.3 Å². The Morgan fingerprint density at radius 2 is 2.33 bits per heavy atom. The number of rotatable bonds is 3. The van der Waals surface area contributed by atoms with Gasteiger partial charge < -0.3 is 16.0 Å². The van der Waals surface area contributed by atoms with E-state index in [-0.39, 0.29) is 24.9 Å². The first kappa shape index (κ1) is 13.3. The number of hydrazone groups is 1. The molecule has 0 saturated carbocycles. The van der Waals surface area contributed by atoms with Crippen LogP contribution in [-0.4, -0.2) is 45.6 Å². The summed E-state index contributed by atoms with van der Waals surface area (Å²) in [6.45, 7) is -0.0444. The van der Waals surface area contributed by atoms with Crippen LogP contribution in [0.5, 0.6) is 0 Å². The summed E-state index contributed by atoms with van der Waals surface area (Å²) >= 11 is 1.31. The van der Waals surface area contributed by atoms with Crippen molar-refractivity contribution in [1.82, 2.24) is 14.9 Å². The summed E-state index contributed by atoms with van der Waals surface area (Å²) in [5.41, 5.74) is 6.21. The largest absolute Gasteiger partial charge is 0.398 e. The number of hydrogen-bond donors (Lipinski definition) is 2. The molecule has 3 N–H and O–H groups in total. The van der Waals surface area contributed by atoms with Crippen LogP contribution in [0.2, 0.25) is 0 Å². The van der Waals surface area contributed by atoms with Crippen LogP contribution < -0.4 is 11.1 Å². The third-order valence-electron chi connectivity index (χ3n) is 2.81. The molecule has 1 aromatic heterocycles. The van der Waals surface area contributed by atoms with Gasteiger partial charge in [0.2, 0.25) is 5.91 Å². The molecule has 9 heteroatoms. The number of allylic oxidation sites excluding steroid dienone is 1. The van der Waals surface area contributed by atoms with Gasteiger partial charge in [-0.1, -0.05) is 0 Å². The predicted molar refractivity (Wildman–Crippen MR) is 78.0 cm³/mol. The number of thiazole rings is 1. The molecule has 3 heterocycles. The molecule has 2 amide bonds. The second-order valence-corrected chi connectivity index (χ2v) is 5.28. The molecule has 108 valence electrons. The van der Waals surface area contributed by atoms with Crippen LogP contribution in [0.15, 0.2) is 40.7 Å². The van der Waals surface area contributed by atoms with Gasteiger partial charge in [-0.3, -0.25) is 9.59 Å². The highest BCUT2D eigenvalue weighted by Crippen LogP contribution is 2.14. The predicted octanol–water partition coefficient (Wildman–Crippen LogP) is -0.0908. The molecule has 3 rings (SSSR count). The molecule has 2 aliphatic rings. The van der Waals surface area contributed by atoms with Crippen LogP contribution >= 0.6 is 11.3 Å². The zero-order valence-corrected chi connectivity index (χ0v) is 11.7. The van der Waals surface area contributed by atoms with Crippen LogP contribution in [0.25, 0.3) is 0 Å². The van der Waals surface area contributed by atoms with Gasteiger partial charge in [0.15, 0.2) is 11.0 Å². The summed E-state index contributed by atoms with van der Waals surface area (Å²) < 4.78 is 0. The second-order valence-electron chi connectivity index (χ2n) is 4.39. The highest BCUT2D eigenvalue weighted by Gasteiger charge is 2.27. The number of nitrogens with zero attached hydrogens (tertiary/aromatic N) is 4. The Balaban J connectivity index is 1.69. The number of amides is 2. The van der Waals surface area contributed by atoms with Crippen molar-refractivity contribution in [2.75, 3.05) is 18.4 Å². The topological polar surface area (TPSA) is 104 Å². The van der Waals surface area contributed by atoms with E-state index in [1.54, 1.807) is 34.8 Å². The van der Waals surface area contributed by atoms with Crippen molar-refractivity contribution < 1.29 is 9.59 Å². The molecule has 0 atom stereocenters. The first-order valence-electron chi connectivity index (χ1n) is 6.12. The van der Waals surface area contributed by atoms with Crippen molar-refractivity contribution in [2.24, 2.45) is 10.8 Å². The van der Waals surface area contributed by atoms with E-state index in [1.807, 2.05) is 0 Å².